The lowest BCUT2D eigenvalue weighted by molar-refractivity contribution is 0.528. The van der Waals surface area contributed by atoms with Gasteiger partial charge in [-0.3, -0.25) is 0 Å². The molecule has 3 aromatic heterocycles. The number of fused-ring (bicyclic) bond motifs is 1. The molecule has 4 rings (SSSR count). The van der Waals surface area contributed by atoms with Crippen LogP contribution >= 0.6 is 0 Å². The van der Waals surface area contributed by atoms with E-state index in [1.807, 2.05) is 22.8 Å². The molecule has 1 aliphatic rings. The summed E-state index contributed by atoms with van der Waals surface area (Å²) in [5.41, 5.74) is 1.43. The second-order valence-electron chi connectivity index (χ2n) is 5.20. The maximum absolute atomic E-state index is 11.8. The molecule has 1 aliphatic heterocycles. The highest BCUT2D eigenvalue weighted by Gasteiger charge is 2.33. The fraction of sp³-hybridized carbons (Fsp3) is 0.286. The first-order valence-corrected chi connectivity index (χ1v) is 8.54. The van der Waals surface area contributed by atoms with Crippen LogP contribution in [0.3, 0.4) is 0 Å². The van der Waals surface area contributed by atoms with Gasteiger partial charge in [-0.25, -0.2) is 23.0 Å². The van der Waals surface area contributed by atoms with Gasteiger partial charge in [0.25, 0.3) is 0 Å². The molecular formula is C14H13N3O3S. The van der Waals surface area contributed by atoms with Crippen molar-refractivity contribution in [2.45, 2.75) is 12.3 Å². The molecule has 0 N–H and O–H groups in total. The van der Waals surface area contributed by atoms with Gasteiger partial charge in [-0.2, -0.15) is 0 Å². The summed E-state index contributed by atoms with van der Waals surface area (Å²) in [7, 11) is -2.97. The Morgan fingerprint density at radius 3 is 2.90 bits per heavy atom. The zero-order valence-corrected chi connectivity index (χ0v) is 12.0. The normalized spacial score (nSPS) is 21.0. The Labute approximate surface area is 121 Å². The molecule has 1 atom stereocenters. The van der Waals surface area contributed by atoms with Crippen molar-refractivity contribution in [2.75, 3.05) is 11.5 Å². The fourth-order valence-electron chi connectivity index (χ4n) is 2.82. The Bertz CT molecular complexity index is 897. The highest BCUT2D eigenvalue weighted by atomic mass is 32.2. The molecule has 1 unspecified atom stereocenters. The minimum absolute atomic E-state index is 0.116. The zero-order chi connectivity index (χ0) is 14.4. The van der Waals surface area contributed by atoms with E-state index in [9.17, 15) is 8.42 Å². The maximum Gasteiger partial charge on any atom is 0.206 e. The van der Waals surface area contributed by atoms with Crippen molar-refractivity contribution in [1.29, 1.82) is 0 Å². The predicted octanol–water partition coefficient (Wildman–Crippen LogP) is 1.92. The van der Waals surface area contributed by atoms with Crippen LogP contribution in [-0.4, -0.2) is 34.5 Å². The highest BCUT2D eigenvalue weighted by Crippen LogP contribution is 2.32. The van der Waals surface area contributed by atoms with Crippen molar-refractivity contribution in [3.63, 3.8) is 0 Å². The molecule has 0 spiro atoms. The Kier molecular flexibility index (Phi) is 2.65. The van der Waals surface area contributed by atoms with Crippen molar-refractivity contribution in [1.82, 2.24) is 14.5 Å². The van der Waals surface area contributed by atoms with Gasteiger partial charge in [0.05, 0.1) is 17.8 Å². The van der Waals surface area contributed by atoms with Gasteiger partial charge >= 0.3 is 0 Å². The molecule has 0 aromatic carbocycles. The van der Waals surface area contributed by atoms with Crippen LogP contribution in [0.5, 0.6) is 0 Å². The Morgan fingerprint density at radius 2 is 2.19 bits per heavy atom. The van der Waals surface area contributed by atoms with Crippen molar-refractivity contribution in [3.05, 3.63) is 42.5 Å². The summed E-state index contributed by atoms with van der Waals surface area (Å²) >= 11 is 0. The molecule has 0 saturated carbocycles. The number of imidazole rings is 1. The summed E-state index contributed by atoms with van der Waals surface area (Å²) in [6.07, 6.45) is 3.87. The summed E-state index contributed by atoms with van der Waals surface area (Å²) in [5.74, 6) is 1.55. The number of sulfone groups is 1. The van der Waals surface area contributed by atoms with Gasteiger partial charge in [-0.05, 0) is 24.6 Å². The Balaban J connectivity index is 1.94. The second-order valence-corrected chi connectivity index (χ2v) is 7.43. The first-order valence-electron chi connectivity index (χ1n) is 6.72. The molecule has 0 amide bonds. The van der Waals surface area contributed by atoms with Crippen molar-refractivity contribution in [3.8, 4) is 5.88 Å². The van der Waals surface area contributed by atoms with E-state index in [0.29, 0.717) is 23.8 Å². The van der Waals surface area contributed by atoms with E-state index in [1.165, 1.54) is 0 Å². The third kappa shape index (κ3) is 2.04. The van der Waals surface area contributed by atoms with E-state index in [0.717, 1.165) is 5.52 Å². The fourth-order valence-corrected chi connectivity index (χ4v) is 4.56. The summed E-state index contributed by atoms with van der Waals surface area (Å²) in [6.45, 7) is 0. The lowest BCUT2D eigenvalue weighted by Crippen LogP contribution is -2.09. The number of nitrogens with zero attached hydrogens (tertiary/aromatic N) is 3. The third-order valence-corrected chi connectivity index (χ3v) is 5.53. The largest absolute Gasteiger partial charge is 0.448 e. The van der Waals surface area contributed by atoms with Crippen molar-refractivity contribution in [2.24, 2.45) is 0 Å². The van der Waals surface area contributed by atoms with Gasteiger partial charge < -0.3 is 4.42 Å². The van der Waals surface area contributed by atoms with Crippen LogP contribution in [0.15, 0.2) is 41.1 Å². The topological polar surface area (TPSA) is 78.0 Å². The number of rotatable bonds is 2. The average Bonchev–Trinajstić information content (AvgIpc) is 3.15. The number of hydrogen-bond donors (Lipinski definition) is 0. The number of hydrogen-bond acceptors (Lipinski definition) is 5. The smallest absolute Gasteiger partial charge is 0.206 e. The number of pyridine rings is 1. The van der Waals surface area contributed by atoms with Gasteiger partial charge in [0, 0.05) is 18.2 Å². The van der Waals surface area contributed by atoms with Crippen LogP contribution in [0.2, 0.25) is 0 Å². The van der Waals surface area contributed by atoms with Gasteiger partial charge in [0.1, 0.15) is 11.3 Å². The first-order chi connectivity index (χ1) is 10.1. The van der Waals surface area contributed by atoms with Crippen molar-refractivity contribution >= 4 is 21.0 Å². The highest BCUT2D eigenvalue weighted by molar-refractivity contribution is 7.91. The average molecular weight is 303 g/mol. The SMILES string of the molecule is O=S1(=O)CCC(c2nc3cccnc3n2-c2ccco2)C1. The Hall–Kier alpha value is -2.15. The maximum atomic E-state index is 11.8. The minimum Gasteiger partial charge on any atom is -0.448 e. The summed E-state index contributed by atoms with van der Waals surface area (Å²) < 4.78 is 30.8. The van der Waals surface area contributed by atoms with Gasteiger partial charge in [0.2, 0.25) is 5.88 Å². The molecule has 1 saturated heterocycles. The Morgan fingerprint density at radius 1 is 1.29 bits per heavy atom. The molecule has 1 fully saturated rings. The van der Waals surface area contributed by atoms with Crippen LogP contribution in [0, 0.1) is 0 Å². The minimum atomic E-state index is -2.97. The summed E-state index contributed by atoms with van der Waals surface area (Å²) in [5, 5.41) is 0. The molecule has 0 radical (unpaired) electrons. The molecular weight excluding hydrogens is 290 g/mol. The van der Waals surface area contributed by atoms with Gasteiger partial charge in [-0.1, -0.05) is 0 Å². The van der Waals surface area contributed by atoms with E-state index in [2.05, 4.69) is 9.97 Å². The van der Waals surface area contributed by atoms with Crippen LogP contribution in [0.4, 0.5) is 0 Å². The van der Waals surface area contributed by atoms with E-state index >= 15 is 0 Å². The van der Waals surface area contributed by atoms with E-state index in [-0.39, 0.29) is 17.4 Å². The lowest BCUT2D eigenvalue weighted by Gasteiger charge is -2.09. The zero-order valence-electron chi connectivity index (χ0n) is 11.1. The van der Waals surface area contributed by atoms with Gasteiger partial charge in [0.15, 0.2) is 15.5 Å². The lowest BCUT2D eigenvalue weighted by atomic mass is 10.1. The second kappa shape index (κ2) is 4.42. The molecule has 7 heteroatoms. The summed E-state index contributed by atoms with van der Waals surface area (Å²) in [4.78, 5) is 8.95. The number of aromatic nitrogens is 3. The molecule has 21 heavy (non-hydrogen) atoms. The van der Waals surface area contributed by atoms with Gasteiger partial charge in [-0.15, -0.1) is 0 Å². The molecule has 0 aliphatic carbocycles. The third-order valence-electron chi connectivity index (χ3n) is 3.77. The summed E-state index contributed by atoms with van der Waals surface area (Å²) in [6, 6.07) is 7.30. The number of furan rings is 1. The van der Waals surface area contributed by atoms with E-state index in [4.69, 9.17) is 4.42 Å². The first kappa shape index (κ1) is 12.6. The van der Waals surface area contributed by atoms with Crippen LogP contribution in [0.25, 0.3) is 17.0 Å². The van der Waals surface area contributed by atoms with Crippen LogP contribution in [0.1, 0.15) is 18.2 Å². The molecule has 4 heterocycles. The molecule has 108 valence electrons. The molecule has 3 aromatic rings. The van der Waals surface area contributed by atoms with Crippen LogP contribution in [-0.2, 0) is 9.84 Å². The molecule has 6 nitrogen and oxygen atoms in total. The standard InChI is InChI=1S/C14H13N3O3S/c18-21(19)8-5-10(9-21)13-16-11-3-1-6-15-14(11)17(13)12-4-2-7-20-12/h1-4,6-7,10H,5,8-9H2. The molecule has 0 bridgehead atoms. The van der Waals surface area contributed by atoms with E-state index in [1.54, 1.807) is 18.5 Å². The van der Waals surface area contributed by atoms with Crippen LogP contribution < -0.4 is 0 Å². The predicted molar refractivity (Wildman–Crippen MR) is 77.1 cm³/mol. The monoisotopic (exact) mass is 303 g/mol. The van der Waals surface area contributed by atoms with E-state index < -0.39 is 9.84 Å². The van der Waals surface area contributed by atoms with Crippen molar-refractivity contribution < 1.29 is 12.8 Å². The quantitative estimate of drug-likeness (QED) is 0.722.